The molecule has 1 N–H and O–H groups in total. The van der Waals surface area contributed by atoms with Gasteiger partial charge in [0.1, 0.15) is 5.78 Å². The third kappa shape index (κ3) is 3.84. The van der Waals surface area contributed by atoms with Gasteiger partial charge >= 0.3 is 0 Å². The van der Waals surface area contributed by atoms with Crippen LogP contribution in [0, 0.1) is 5.82 Å². The maximum Gasteiger partial charge on any atom is 0.164 e. The van der Waals surface area contributed by atoms with E-state index in [2.05, 4.69) is 0 Å². The molecule has 0 spiro atoms. The molecule has 1 aromatic carbocycles. The zero-order valence-corrected chi connectivity index (χ0v) is 10.4. The van der Waals surface area contributed by atoms with Crippen LogP contribution in [0.4, 0.5) is 4.39 Å². The summed E-state index contributed by atoms with van der Waals surface area (Å²) in [5.41, 5.74) is 0.840. The Hall–Kier alpha value is -1.38. The molecule has 0 saturated carbocycles. The summed E-state index contributed by atoms with van der Waals surface area (Å²) in [4.78, 5) is 11.5. The minimum Gasteiger partial charge on any atom is -0.505 e. The number of rotatable bonds is 6. The Morgan fingerprint density at radius 2 is 2.12 bits per heavy atom. The number of carbonyl (C=O) groups excluding carboxylic acids is 1. The first kappa shape index (κ1) is 13.7. The van der Waals surface area contributed by atoms with Crippen molar-refractivity contribution in [1.82, 2.24) is 0 Å². The first-order valence-corrected chi connectivity index (χ1v) is 6.08. The Balaban J connectivity index is 2.88. The molecule has 3 heteroatoms. The first-order chi connectivity index (χ1) is 8.08. The molecule has 94 valence electrons. The van der Waals surface area contributed by atoms with Gasteiger partial charge in [-0.25, -0.2) is 4.39 Å². The summed E-state index contributed by atoms with van der Waals surface area (Å²) in [6.45, 7) is 3.89. The molecule has 0 radical (unpaired) electrons. The van der Waals surface area contributed by atoms with E-state index in [0.29, 0.717) is 12.8 Å². The van der Waals surface area contributed by atoms with Crippen LogP contribution in [0.2, 0.25) is 0 Å². The van der Waals surface area contributed by atoms with Crippen molar-refractivity contribution in [3.8, 4) is 5.75 Å². The summed E-state index contributed by atoms with van der Waals surface area (Å²) >= 11 is 0. The molecule has 1 atom stereocenters. The summed E-state index contributed by atoms with van der Waals surface area (Å²) in [5.74, 6) is -0.676. The molecule has 1 aromatic rings. The Morgan fingerprint density at radius 1 is 1.41 bits per heavy atom. The van der Waals surface area contributed by atoms with E-state index in [4.69, 9.17) is 0 Å². The van der Waals surface area contributed by atoms with Crippen LogP contribution >= 0.6 is 0 Å². The number of hydrogen-bond acceptors (Lipinski definition) is 2. The van der Waals surface area contributed by atoms with E-state index in [9.17, 15) is 14.3 Å². The van der Waals surface area contributed by atoms with Crippen LogP contribution in [-0.4, -0.2) is 10.9 Å². The molecule has 0 amide bonds. The van der Waals surface area contributed by atoms with E-state index in [1.807, 2.05) is 13.8 Å². The minimum atomic E-state index is -0.620. The lowest BCUT2D eigenvalue weighted by molar-refractivity contribution is -0.119. The molecule has 0 aliphatic carbocycles. The zero-order chi connectivity index (χ0) is 12.8. The molecular weight excluding hydrogens is 219 g/mol. The highest BCUT2D eigenvalue weighted by Gasteiger charge is 2.15. The lowest BCUT2D eigenvalue weighted by Gasteiger charge is -2.16. The Labute approximate surface area is 101 Å². The Morgan fingerprint density at radius 3 is 2.65 bits per heavy atom. The predicted molar refractivity (Wildman–Crippen MR) is 65.6 cm³/mol. The van der Waals surface area contributed by atoms with E-state index in [1.54, 1.807) is 6.07 Å². The minimum absolute atomic E-state index is 0.0824. The van der Waals surface area contributed by atoms with Gasteiger partial charge in [0, 0.05) is 12.8 Å². The van der Waals surface area contributed by atoms with Crippen LogP contribution in [0.25, 0.3) is 0 Å². The second-order valence-corrected chi connectivity index (χ2v) is 4.29. The van der Waals surface area contributed by atoms with Crippen LogP contribution in [0.3, 0.4) is 0 Å². The predicted octanol–water partition coefficient (Wildman–Crippen LogP) is 3.78. The van der Waals surface area contributed by atoms with Crippen LogP contribution in [0.1, 0.15) is 51.0 Å². The number of phenolic OH excluding ortho intramolecular Hbond substituents is 1. The average molecular weight is 238 g/mol. The van der Waals surface area contributed by atoms with Gasteiger partial charge in [-0.05, 0) is 30.0 Å². The third-order valence-corrected chi connectivity index (χ3v) is 2.95. The van der Waals surface area contributed by atoms with Gasteiger partial charge in [0.15, 0.2) is 11.6 Å². The molecule has 1 unspecified atom stereocenters. The fraction of sp³-hybridized carbons (Fsp3) is 0.500. The van der Waals surface area contributed by atoms with Crippen molar-refractivity contribution < 1.29 is 14.3 Å². The Bertz CT molecular complexity index is 388. The molecule has 17 heavy (non-hydrogen) atoms. The monoisotopic (exact) mass is 238 g/mol. The van der Waals surface area contributed by atoms with Gasteiger partial charge in [-0.15, -0.1) is 0 Å². The number of Topliss-reactive ketones (excluding diaryl/α,β-unsaturated/α-hetero) is 1. The van der Waals surface area contributed by atoms with Gasteiger partial charge in [-0.1, -0.05) is 26.3 Å². The molecule has 0 aliphatic heterocycles. The maximum absolute atomic E-state index is 13.0. The lowest BCUT2D eigenvalue weighted by Crippen LogP contribution is -2.06. The second kappa shape index (κ2) is 6.38. The number of benzene rings is 1. The van der Waals surface area contributed by atoms with E-state index < -0.39 is 5.82 Å². The topological polar surface area (TPSA) is 37.3 Å². The molecule has 0 aromatic heterocycles. The molecule has 0 aliphatic rings. The normalized spacial score (nSPS) is 12.4. The van der Waals surface area contributed by atoms with Gasteiger partial charge in [-0.3, -0.25) is 4.79 Å². The van der Waals surface area contributed by atoms with Gasteiger partial charge in [-0.2, -0.15) is 0 Å². The van der Waals surface area contributed by atoms with Crippen molar-refractivity contribution in [1.29, 1.82) is 0 Å². The second-order valence-electron chi connectivity index (χ2n) is 4.29. The van der Waals surface area contributed by atoms with Gasteiger partial charge < -0.3 is 5.11 Å². The highest BCUT2D eigenvalue weighted by molar-refractivity contribution is 5.78. The largest absolute Gasteiger partial charge is 0.505 e. The summed E-state index contributed by atoms with van der Waals surface area (Å²) in [6.07, 6.45) is 2.82. The number of ketones is 1. The molecule has 1 rings (SSSR count). The Kier molecular flexibility index (Phi) is 5.13. The summed E-state index contributed by atoms with van der Waals surface area (Å²) in [7, 11) is 0. The summed E-state index contributed by atoms with van der Waals surface area (Å²) in [5, 5.41) is 9.35. The first-order valence-electron chi connectivity index (χ1n) is 6.08. The summed E-state index contributed by atoms with van der Waals surface area (Å²) in [6, 6.07) is 4.33. The molecule has 0 heterocycles. The lowest BCUT2D eigenvalue weighted by atomic mass is 9.89. The van der Waals surface area contributed by atoms with E-state index >= 15 is 0 Å². The molecule has 0 fully saturated rings. The van der Waals surface area contributed by atoms with Crippen molar-refractivity contribution in [2.45, 2.75) is 45.4 Å². The van der Waals surface area contributed by atoms with E-state index in [-0.39, 0.29) is 17.5 Å². The fourth-order valence-corrected chi connectivity index (χ4v) is 1.94. The third-order valence-electron chi connectivity index (χ3n) is 2.95. The van der Waals surface area contributed by atoms with Crippen LogP contribution in [0.5, 0.6) is 5.75 Å². The number of phenols is 1. The fourth-order valence-electron chi connectivity index (χ4n) is 1.94. The van der Waals surface area contributed by atoms with Crippen LogP contribution in [-0.2, 0) is 4.79 Å². The van der Waals surface area contributed by atoms with Gasteiger partial charge in [0.05, 0.1) is 0 Å². The van der Waals surface area contributed by atoms with E-state index in [0.717, 1.165) is 18.4 Å². The maximum atomic E-state index is 13.0. The standard InChI is InChI=1S/C14H19FO2/c1-3-5-10(8-12(16)4-2)11-6-7-13(15)14(17)9-11/h6-7,9-10,17H,3-5,8H2,1-2H3. The van der Waals surface area contributed by atoms with Gasteiger partial charge in [0.25, 0.3) is 0 Å². The molecule has 2 nitrogen and oxygen atoms in total. The smallest absolute Gasteiger partial charge is 0.164 e. The van der Waals surface area contributed by atoms with Crippen LogP contribution < -0.4 is 0 Å². The van der Waals surface area contributed by atoms with Crippen molar-refractivity contribution in [3.05, 3.63) is 29.6 Å². The SMILES string of the molecule is CCCC(CC(=O)CC)c1ccc(F)c(O)c1. The highest BCUT2D eigenvalue weighted by atomic mass is 19.1. The summed E-state index contributed by atoms with van der Waals surface area (Å²) < 4.78 is 13.0. The number of hydrogen-bond donors (Lipinski definition) is 1. The van der Waals surface area contributed by atoms with Crippen LogP contribution in [0.15, 0.2) is 18.2 Å². The highest BCUT2D eigenvalue weighted by Crippen LogP contribution is 2.29. The molecular formula is C14H19FO2. The number of carbonyl (C=O) groups is 1. The van der Waals surface area contributed by atoms with Crippen molar-refractivity contribution >= 4 is 5.78 Å². The number of halogens is 1. The average Bonchev–Trinajstić information content (AvgIpc) is 2.32. The van der Waals surface area contributed by atoms with Crippen molar-refractivity contribution in [2.75, 3.05) is 0 Å². The zero-order valence-electron chi connectivity index (χ0n) is 10.4. The molecule has 0 saturated heterocycles. The number of aromatic hydroxyl groups is 1. The van der Waals surface area contributed by atoms with Crippen molar-refractivity contribution in [2.24, 2.45) is 0 Å². The van der Waals surface area contributed by atoms with Gasteiger partial charge in [0.2, 0.25) is 0 Å². The van der Waals surface area contributed by atoms with Crippen molar-refractivity contribution in [3.63, 3.8) is 0 Å². The van der Waals surface area contributed by atoms with E-state index in [1.165, 1.54) is 12.1 Å². The molecule has 0 bridgehead atoms. The quantitative estimate of drug-likeness (QED) is 0.818.